The first-order valence-corrected chi connectivity index (χ1v) is 13.8. The molecule has 1 aliphatic carbocycles. The Balaban J connectivity index is 1.46. The van der Waals surface area contributed by atoms with Crippen molar-refractivity contribution in [3.05, 3.63) is 59.8 Å². The molecule has 2 atom stereocenters. The molecular weight excluding hydrogens is 482 g/mol. The van der Waals surface area contributed by atoms with E-state index in [1.807, 2.05) is 49.4 Å². The molecule has 0 saturated heterocycles. The van der Waals surface area contributed by atoms with E-state index < -0.39 is 5.60 Å². The number of methoxy groups -OCH3 is 1. The molecule has 0 radical (unpaired) electrons. The Morgan fingerprint density at radius 2 is 2.16 bits per heavy atom. The maximum Gasteiger partial charge on any atom is 0.238 e. The molecule has 0 aromatic carbocycles. The summed E-state index contributed by atoms with van der Waals surface area (Å²) in [7, 11) is 1.64. The molecule has 5 rings (SSSR count). The molecule has 194 valence electrons. The first kappa shape index (κ1) is 25.4. The van der Waals surface area contributed by atoms with Gasteiger partial charge in [0.2, 0.25) is 5.88 Å². The number of amidine groups is 1. The van der Waals surface area contributed by atoms with E-state index in [4.69, 9.17) is 20.1 Å². The summed E-state index contributed by atoms with van der Waals surface area (Å²) in [4.78, 5) is 13.8. The van der Waals surface area contributed by atoms with Crippen molar-refractivity contribution in [2.24, 2.45) is 10.9 Å². The number of hydrogen-bond acceptors (Lipinski definition) is 8. The van der Waals surface area contributed by atoms with Crippen molar-refractivity contribution in [1.82, 2.24) is 4.98 Å². The molecule has 0 amide bonds. The Hall–Kier alpha value is -3.23. The quantitative estimate of drug-likeness (QED) is 0.478. The van der Waals surface area contributed by atoms with Gasteiger partial charge in [-0.3, -0.25) is 4.99 Å². The Morgan fingerprint density at radius 1 is 1.32 bits per heavy atom. The number of pyridine rings is 1. The normalized spacial score (nSPS) is 24.3. The van der Waals surface area contributed by atoms with Gasteiger partial charge in [-0.2, -0.15) is 0 Å². The van der Waals surface area contributed by atoms with Crippen molar-refractivity contribution in [3.63, 3.8) is 0 Å². The number of aliphatic imine (C=N–C) groups is 1. The third-order valence-electron chi connectivity index (χ3n) is 7.58. The van der Waals surface area contributed by atoms with Crippen molar-refractivity contribution < 1.29 is 9.84 Å². The van der Waals surface area contributed by atoms with Crippen molar-refractivity contribution in [3.8, 4) is 17.1 Å². The third kappa shape index (κ3) is 5.00. The molecule has 8 heteroatoms. The van der Waals surface area contributed by atoms with Crippen LogP contribution < -0.4 is 14.5 Å². The van der Waals surface area contributed by atoms with Crippen LogP contribution in [0.25, 0.3) is 11.3 Å². The molecule has 0 bridgehead atoms. The molecule has 2 aromatic heterocycles. The fourth-order valence-electron chi connectivity index (χ4n) is 5.08. The zero-order chi connectivity index (χ0) is 26.2. The molecule has 3 aliphatic rings. The Bertz CT molecular complexity index is 1310. The average molecular weight is 518 g/mol. The highest BCUT2D eigenvalue weighted by Gasteiger charge is 2.38. The first-order valence-electron chi connectivity index (χ1n) is 12.9. The van der Waals surface area contributed by atoms with Gasteiger partial charge in [0.15, 0.2) is 0 Å². The van der Waals surface area contributed by atoms with Crippen LogP contribution in [0, 0.1) is 11.3 Å². The van der Waals surface area contributed by atoms with Crippen LogP contribution >= 0.6 is 11.3 Å². The fraction of sp³-hybridized carbons (Fsp3) is 0.414. The van der Waals surface area contributed by atoms with Gasteiger partial charge in [0.1, 0.15) is 17.1 Å². The predicted octanol–water partition coefficient (Wildman–Crippen LogP) is 6.18. The second-order valence-electron chi connectivity index (χ2n) is 10.1. The lowest BCUT2D eigenvalue weighted by Crippen LogP contribution is -2.54. The van der Waals surface area contributed by atoms with Crippen LogP contribution in [0.1, 0.15) is 46.0 Å². The third-order valence-corrected chi connectivity index (χ3v) is 8.53. The molecule has 2 unspecified atom stereocenters. The number of hydrogen-bond donors (Lipinski definition) is 2. The number of aliphatic hydroxyl groups is 1. The number of nitrogens with one attached hydrogen (secondary N) is 1. The van der Waals surface area contributed by atoms with E-state index in [0.29, 0.717) is 25.4 Å². The van der Waals surface area contributed by atoms with E-state index in [1.165, 1.54) is 0 Å². The van der Waals surface area contributed by atoms with Gasteiger partial charge in [-0.15, -0.1) is 11.3 Å². The standard InChI is InChI=1S/C29H35N5O2S/c1-5-29(35)17-31-27(22-8-6-7-9-23(22)30)34(18-29)26-14-21(16-37-26)24-10-11-25(28(32-24)36-4)33-13-12-19(2)20(3)15-33/h10-16,22,30,35H,2,5-9,17-18H2,1,3-4H3. The highest BCUT2D eigenvalue weighted by molar-refractivity contribution is 7.14. The molecule has 2 aliphatic heterocycles. The Morgan fingerprint density at radius 3 is 2.89 bits per heavy atom. The van der Waals surface area contributed by atoms with Crippen LogP contribution in [0.2, 0.25) is 0 Å². The number of ether oxygens (including phenoxy) is 1. The SMILES string of the molecule is C=C1C=CN(c2ccc(-c3csc(N4CC(O)(CC)CN=C4C4CCCCC4=N)c3)nc2OC)C=C1C. The maximum absolute atomic E-state index is 11.1. The van der Waals surface area contributed by atoms with Crippen molar-refractivity contribution in [1.29, 1.82) is 5.41 Å². The minimum Gasteiger partial charge on any atom is -0.479 e. The van der Waals surface area contributed by atoms with E-state index in [0.717, 1.165) is 70.3 Å². The molecule has 2 aromatic rings. The maximum atomic E-state index is 11.1. The number of allylic oxidation sites excluding steroid dienone is 3. The smallest absolute Gasteiger partial charge is 0.238 e. The molecule has 7 nitrogen and oxygen atoms in total. The van der Waals surface area contributed by atoms with Crippen LogP contribution in [0.15, 0.2) is 64.8 Å². The zero-order valence-electron chi connectivity index (χ0n) is 21.8. The largest absolute Gasteiger partial charge is 0.479 e. The van der Waals surface area contributed by atoms with Gasteiger partial charge in [0.25, 0.3) is 0 Å². The monoisotopic (exact) mass is 517 g/mol. The van der Waals surface area contributed by atoms with E-state index in [-0.39, 0.29) is 5.92 Å². The minimum absolute atomic E-state index is 0.0309. The topological polar surface area (TPSA) is 85.0 Å². The molecule has 1 fully saturated rings. The summed E-state index contributed by atoms with van der Waals surface area (Å²) in [5.41, 5.74) is 4.64. The highest BCUT2D eigenvalue weighted by atomic mass is 32.1. The summed E-state index contributed by atoms with van der Waals surface area (Å²) in [5.74, 6) is 1.50. The zero-order valence-corrected chi connectivity index (χ0v) is 22.6. The number of rotatable bonds is 6. The molecule has 4 heterocycles. The van der Waals surface area contributed by atoms with Gasteiger partial charge < -0.3 is 25.1 Å². The van der Waals surface area contributed by atoms with Crippen LogP contribution in [-0.4, -0.2) is 47.4 Å². The summed E-state index contributed by atoms with van der Waals surface area (Å²) in [5, 5.41) is 22.8. The van der Waals surface area contributed by atoms with E-state index in [2.05, 4.69) is 22.9 Å². The van der Waals surface area contributed by atoms with Gasteiger partial charge >= 0.3 is 0 Å². The average Bonchev–Trinajstić information content (AvgIpc) is 3.41. The van der Waals surface area contributed by atoms with Gasteiger partial charge in [-0.05, 0) is 68.0 Å². The predicted molar refractivity (Wildman–Crippen MR) is 153 cm³/mol. The molecular formula is C29H35N5O2S. The molecule has 0 spiro atoms. The number of aromatic nitrogens is 1. The lowest BCUT2D eigenvalue weighted by molar-refractivity contribution is 0.0516. The lowest BCUT2D eigenvalue weighted by Gasteiger charge is -2.41. The molecule has 37 heavy (non-hydrogen) atoms. The van der Waals surface area contributed by atoms with Crippen molar-refractivity contribution in [2.75, 3.05) is 30.0 Å². The highest BCUT2D eigenvalue weighted by Crippen LogP contribution is 2.38. The summed E-state index contributed by atoms with van der Waals surface area (Å²) < 4.78 is 5.67. The van der Waals surface area contributed by atoms with Crippen LogP contribution in [0.4, 0.5) is 10.7 Å². The van der Waals surface area contributed by atoms with Crippen molar-refractivity contribution >= 4 is 33.6 Å². The lowest BCUT2D eigenvalue weighted by atomic mass is 9.84. The van der Waals surface area contributed by atoms with Crippen molar-refractivity contribution in [2.45, 2.75) is 51.6 Å². The molecule has 1 saturated carbocycles. The number of β-amino-alcohol motifs (C(OH)–C–C–N with tert-alkyl or cyclic N) is 1. The van der Waals surface area contributed by atoms with Gasteiger partial charge in [0.05, 0.1) is 36.8 Å². The van der Waals surface area contributed by atoms with Crippen LogP contribution in [0.5, 0.6) is 5.88 Å². The van der Waals surface area contributed by atoms with E-state index in [9.17, 15) is 5.11 Å². The number of nitrogens with zero attached hydrogens (tertiary/aromatic N) is 4. The molecule has 2 N–H and O–H groups in total. The first-order chi connectivity index (χ1) is 17.8. The van der Waals surface area contributed by atoms with Gasteiger partial charge in [-0.1, -0.05) is 19.9 Å². The minimum atomic E-state index is -0.869. The van der Waals surface area contributed by atoms with E-state index in [1.54, 1.807) is 18.4 Å². The van der Waals surface area contributed by atoms with Gasteiger partial charge in [0, 0.05) is 29.1 Å². The number of anilines is 2. The van der Waals surface area contributed by atoms with Crippen LogP contribution in [-0.2, 0) is 0 Å². The number of thiophene rings is 1. The summed E-state index contributed by atoms with van der Waals surface area (Å²) >= 11 is 1.62. The van der Waals surface area contributed by atoms with Crippen LogP contribution in [0.3, 0.4) is 0 Å². The summed E-state index contributed by atoms with van der Waals surface area (Å²) in [6, 6.07) is 6.15. The fourth-order valence-corrected chi connectivity index (χ4v) is 5.99. The second kappa shape index (κ2) is 10.3. The Kier molecular flexibility index (Phi) is 7.05. The van der Waals surface area contributed by atoms with E-state index >= 15 is 0 Å². The summed E-state index contributed by atoms with van der Waals surface area (Å²) in [6.45, 7) is 8.96. The van der Waals surface area contributed by atoms with Gasteiger partial charge in [-0.25, -0.2) is 4.98 Å². The summed E-state index contributed by atoms with van der Waals surface area (Å²) in [6.07, 6.45) is 10.6. The Labute approximate surface area is 223 Å². The second-order valence-corrected chi connectivity index (χ2v) is 11.0.